The molecule has 1 N–H and O–H groups in total. The molecule has 2 rings (SSSR count). The fourth-order valence-corrected chi connectivity index (χ4v) is 3.94. The average molecular weight is 343 g/mol. The number of nitrogens with one attached hydrogen (secondary N) is 1. The third kappa shape index (κ3) is 3.60. The molecule has 1 saturated heterocycles. The Hall–Kier alpha value is -0.450. The first kappa shape index (κ1) is 15.9. The predicted molar refractivity (Wildman–Crippen MR) is 85.4 cm³/mol. The molecule has 112 valence electrons. The molecule has 20 heavy (non-hydrogen) atoms. The van der Waals surface area contributed by atoms with Crippen LogP contribution in [-0.2, 0) is 0 Å². The number of piperidine rings is 1. The molecule has 1 aromatic carbocycles. The van der Waals surface area contributed by atoms with Crippen LogP contribution in [0.15, 0.2) is 22.7 Å². The van der Waals surface area contributed by atoms with Gasteiger partial charge in [-0.15, -0.1) is 0 Å². The Morgan fingerprint density at radius 2 is 2.25 bits per heavy atom. The molecule has 4 heteroatoms. The highest BCUT2D eigenvalue weighted by Crippen LogP contribution is 2.39. The maximum absolute atomic E-state index is 13.3. The van der Waals surface area contributed by atoms with E-state index in [2.05, 4.69) is 33.1 Å². The van der Waals surface area contributed by atoms with E-state index in [0.717, 1.165) is 30.5 Å². The molecule has 1 aliphatic heterocycles. The Morgan fingerprint density at radius 1 is 1.45 bits per heavy atom. The molecule has 0 saturated carbocycles. The van der Waals surface area contributed by atoms with Crippen molar-refractivity contribution in [2.75, 3.05) is 26.7 Å². The summed E-state index contributed by atoms with van der Waals surface area (Å²) in [4.78, 5) is 2.56. The lowest BCUT2D eigenvalue weighted by Crippen LogP contribution is -2.42. The summed E-state index contributed by atoms with van der Waals surface area (Å²) in [5.41, 5.74) is 1.22. The summed E-state index contributed by atoms with van der Waals surface area (Å²) in [5, 5.41) is 3.31. The number of likely N-dealkylation sites (tertiary alicyclic amines) is 1. The maximum atomic E-state index is 13.3. The van der Waals surface area contributed by atoms with Gasteiger partial charge in [0.2, 0.25) is 0 Å². The van der Waals surface area contributed by atoms with Crippen molar-refractivity contribution in [3.05, 3.63) is 34.1 Å². The second-order valence-corrected chi connectivity index (χ2v) is 6.46. The van der Waals surface area contributed by atoms with Crippen LogP contribution in [0.25, 0.3) is 0 Å². The first-order valence-corrected chi connectivity index (χ1v) is 8.30. The number of rotatable bonds is 5. The van der Waals surface area contributed by atoms with Crippen LogP contribution in [0.5, 0.6) is 0 Å². The monoisotopic (exact) mass is 342 g/mol. The molecule has 2 nitrogen and oxygen atoms in total. The lowest BCUT2D eigenvalue weighted by Gasteiger charge is -2.42. The normalized spacial score (nSPS) is 24.0. The first-order valence-electron chi connectivity index (χ1n) is 7.51. The van der Waals surface area contributed by atoms with Gasteiger partial charge in [-0.1, -0.05) is 28.9 Å². The van der Waals surface area contributed by atoms with Gasteiger partial charge in [0.15, 0.2) is 0 Å². The summed E-state index contributed by atoms with van der Waals surface area (Å²) in [7, 11) is 2.01. The molecule has 0 amide bonds. The van der Waals surface area contributed by atoms with E-state index in [-0.39, 0.29) is 5.82 Å². The fourth-order valence-electron chi connectivity index (χ4n) is 3.36. The van der Waals surface area contributed by atoms with Crippen LogP contribution in [-0.4, -0.2) is 31.6 Å². The number of halogens is 2. The summed E-state index contributed by atoms with van der Waals surface area (Å²) < 4.78 is 14.2. The van der Waals surface area contributed by atoms with Crippen LogP contribution in [0.1, 0.15) is 37.8 Å². The van der Waals surface area contributed by atoms with Gasteiger partial charge >= 0.3 is 0 Å². The fraction of sp³-hybridized carbons (Fsp3) is 0.625. The van der Waals surface area contributed by atoms with Crippen molar-refractivity contribution < 1.29 is 4.39 Å². The minimum atomic E-state index is -0.177. The van der Waals surface area contributed by atoms with Gasteiger partial charge in [-0.2, -0.15) is 0 Å². The maximum Gasteiger partial charge on any atom is 0.124 e. The van der Waals surface area contributed by atoms with E-state index in [0.29, 0.717) is 12.0 Å². The van der Waals surface area contributed by atoms with Crippen LogP contribution in [0.2, 0.25) is 0 Å². The van der Waals surface area contributed by atoms with Crippen LogP contribution >= 0.6 is 15.9 Å². The standard InChI is InChI=1S/C16H24BrFN2/c1-3-8-20-9-4-5-12(11-19-2)16(20)14-7-6-13(18)10-15(14)17/h6-7,10,12,16,19H,3-5,8-9,11H2,1-2H3. The number of nitrogens with zero attached hydrogens (tertiary/aromatic N) is 1. The molecular weight excluding hydrogens is 319 g/mol. The van der Waals surface area contributed by atoms with Gasteiger partial charge < -0.3 is 5.32 Å². The second kappa shape index (κ2) is 7.53. The van der Waals surface area contributed by atoms with E-state index < -0.39 is 0 Å². The zero-order valence-electron chi connectivity index (χ0n) is 12.3. The van der Waals surface area contributed by atoms with Crippen molar-refractivity contribution in [3.63, 3.8) is 0 Å². The van der Waals surface area contributed by atoms with Crippen molar-refractivity contribution in [1.82, 2.24) is 10.2 Å². The summed E-state index contributed by atoms with van der Waals surface area (Å²) in [6.07, 6.45) is 3.64. The van der Waals surface area contributed by atoms with Crippen LogP contribution in [0.3, 0.4) is 0 Å². The molecule has 1 aliphatic rings. The Bertz CT molecular complexity index is 420. The van der Waals surface area contributed by atoms with Gasteiger partial charge in [-0.3, -0.25) is 4.90 Å². The van der Waals surface area contributed by atoms with Gasteiger partial charge in [0, 0.05) is 10.5 Å². The highest BCUT2D eigenvalue weighted by Gasteiger charge is 2.32. The van der Waals surface area contributed by atoms with Crippen molar-refractivity contribution in [1.29, 1.82) is 0 Å². The van der Waals surface area contributed by atoms with Crippen molar-refractivity contribution in [2.45, 2.75) is 32.2 Å². The molecule has 0 aliphatic carbocycles. The molecule has 1 aromatic rings. The zero-order valence-corrected chi connectivity index (χ0v) is 13.9. The van der Waals surface area contributed by atoms with Crippen LogP contribution in [0.4, 0.5) is 4.39 Å². The minimum Gasteiger partial charge on any atom is -0.319 e. The van der Waals surface area contributed by atoms with Gasteiger partial charge in [0.1, 0.15) is 5.82 Å². The molecule has 1 heterocycles. The predicted octanol–water partition coefficient (Wildman–Crippen LogP) is 3.97. The smallest absolute Gasteiger partial charge is 0.124 e. The largest absolute Gasteiger partial charge is 0.319 e. The molecule has 2 atom stereocenters. The molecule has 0 aromatic heterocycles. The molecule has 0 bridgehead atoms. The van der Waals surface area contributed by atoms with E-state index in [1.54, 1.807) is 12.1 Å². The summed E-state index contributed by atoms with van der Waals surface area (Å²) in [5.74, 6) is 0.408. The van der Waals surface area contributed by atoms with E-state index in [9.17, 15) is 4.39 Å². The number of hydrogen-bond donors (Lipinski definition) is 1. The van der Waals surface area contributed by atoms with Gasteiger partial charge in [-0.05, 0) is 69.6 Å². The third-order valence-corrected chi connectivity index (χ3v) is 4.81. The van der Waals surface area contributed by atoms with E-state index in [1.807, 2.05) is 13.1 Å². The molecular formula is C16H24BrFN2. The average Bonchev–Trinajstić information content (AvgIpc) is 2.41. The molecule has 1 fully saturated rings. The Labute approximate surface area is 129 Å². The van der Waals surface area contributed by atoms with Gasteiger partial charge in [-0.25, -0.2) is 4.39 Å². The van der Waals surface area contributed by atoms with Gasteiger partial charge in [0.25, 0.3) is 0 Å². The highest BCUT2D eigenvalue weighted by molar-refractivity contribution is 9.10. The number of hydrogen-bond acceptors (Lipinski definition) is 2. The van der Waals surface area contributed by atoms with Crippen LogP contribution in [0, 0.1) is 11.7 Å². The lowest BCUT2D eigenvalue weighted by molar-refractivity contribution is 0.0919. The first-order chi connectivity index (χ1) is 9.67. The minimum absolute atomic E-state index is 0.177. The van der Waals surface area contributed by atoms with Gasteiger partial charge in [0.05, 0.1) is 0 Å². The Balaban J connectivity index is 2.32. The Morgan fingerprint density at radius 3 is 2.90 bits per heavy atom. The van der Waals surface area contributed by atoms with Crippen molar-refractivity contribution in [2.24, 2.45) is 5.92 Å². The quantitative estimate of drug-likeness (QED) is 0.870. The topological polar surface area (TPSA) is 15.3 Å². The Kier molecular flexibility index (Phi) is 6.00. The van der Waals surface area contributed by atoms with Crippen molar-refractivity contribution >= 4 is 15.9 Å². The summed E-state index contributed by atoms with van der Waals surface area (Å²) in [6.45, 7) is 5.48. The summed E-state index contributed by atoms with van der Waals surface area (Å²) >= 11 is 3.55. The second-order valence-electron chi connectivity index (χ2n) is 5.61. The van der Waals surface area contributed by atoms with E-state index >= 15 is 0 Å². The molecule has 0 radical (unpaired) electrons. The zero-order chi connectivity index (χ0) is 14.5. The summed E-state index contributed by atoms with van der Waals surface area (Å²) in [6, 6.07) is 5.49. The lowest BCUT2D eigenvalue weighted by atomic mass is 9.84. The molecule has 0 spiro atoms. The van der Waals surface area contributed by atoms with E-state index in [4.69, 9.17) is 0 Å². The third-order valence-electron chi connectivity index (χ3n) is 4.12. The van der Waals surface area contributed by atoms with E-state index in [1.165, 1.54) is 18.4 Å². The van der Waals surface area contributed by atoms with Crippen molar-refractivity contribution in [3.8, 4) is 0 Å². The van der Waals surface area contributed by atoms with Crippen LogP contribution < -0.4 is 5.32 Å². The molecule has 2 unspecified atom stereocenters. The SMILES string of the molecule is CCCN1CCCC(CNC)C1c1ccc(F)cc1Br. The highest BCUT2D eigenvalue weighted by atomic mass is 79.9. The number of benzene rings is 1.